The van der Waals surface area contributed by atoms with E-state index in [-0.39, 0.29) is 0 Å². The molecule has 0 aromatic heterocycles. The fourth-order valence-electron chi connectivity index (χ4n) is 1.57. The van der Waals surface area contributed by atoms with Crippen molar-refractivity contribution >= 4 is 0 Å². The van der Waals surface area contributed by atoms with Crippen molar-refractivity contribution in [2.24, 2.45) is 0 Å². The Balaban J connectivity index is 2.24. The highest BCUT2D eigenvalue weighted by Crippen LogP contribution is 2.12. The quantitative estimate of drug-likeness (QED) is 0.666. The summed E-state index contributed by atoms with van der Waals surface area (Å²) < 4.78 is 0. The van der Waals surface area contributed by atoms with Gasteiger partial charge in [0.15, 0.2) is 0 Å². The van der Waals surface area contributed by atoms with Crippen molar-refractivity contribution in [1.82, 2.24) is 0 Å². The molecule has 0 unspecified atom stereocenters. The van der Waals surface area contributed by atoms with Crippen molar-refractivity contribution in [2.75, 3.05) is 0 Å². The van der Waals surface area contributed by atoms with E-state index in [0.29, 0.717) is 0 Å². The third-order valence-electron chi connectivity index (χ3n) is 2.44. The van der Waals surface area contributed by atoms with Crippen LogP contribution in [0.3, 0.4) is 0 Å². The van der Waals surface area contributed by atoms with Crippen LogP contribution < -0.4 is 0 Å². The minimum atomic E-state index is 1.02. The normalized spacial score (nSPS) is 10.1. The van der Waals surface area contributed by atoms with Gasteiger partial charge >= 0.3 is 0 Å². The van der Waals surface area contributed by atoms with Crippen LogP contribution in [0.4, 0.5) is 0 Å². The predicted octanol–water partition coefficient (Wildman–Crippen LogP) is 3.39. The van der Waals surface area contributed by atoms with Crippen LogP contribution in [0.15, 0.2) is 48.5 Å². The van der Waals surface area contributed by atoms with Crippen LogP contribution in [0.5, 0.6) is 0 Å². The van der Waals surface area contributed by atoms with Crippen molar-refractivity contribution in [2.45, 2.75) is 13.3 Å². The highest BCUT2D eigenvalue weighted by Gasteiger charge is 1.97. The van der Waals surface area contributed by atoms with E-state index in [9.17, 15) is 0 Å². The summed E-state index contributed by atoms with van der Waals surface area (Å²) in [6.45, 7) is 2.16. The molecular formula is C14H13. The van der Waals surface area contributed by atoms with Crippen LogP contribution in [0.2, 0.25) is 0 Å². The third kappa shape index (κ3) is 2.02. The molecule has 2 aromatic rings. The van der Waals surface area contributed by atoms with Crippen LogP contribution in [0.25, 0.3) is 0 Å². The number of rotatable bonds is 2. The lowest BCUT2D eigenvalue weighted by Gasteiger charge is -2.04. The molecule has 0 bridgehead atoms. The van der Waals surface area contributed by atoms with E-state index in [0.717, 1.165) is 6.42 Å². The Morgan fingerprint density at radius 1 is 1.00 bits per heavy atom. The Kier molecular flexibility index (Phi) is 2.64. The Labute approximate surface area is 85.2 Å². The van der Waals surface area contributed by atoms with Crippen LogP contribution >= 0.6 is 0 Å². The monoisotopic (exact) mass is 181 g/mol. The number of aryl methyl sites for hydroxylation is 1. The van der Waals surface area contributed by atoms with Gasteiger partial charge in [0.2, 0.25) is 0 Å². The van der Waals surface area contributed by atoms with E-state index in [2.05, 4.69) is 49.4 Å². The zero-order valence-corrected chi connectivity index (χ0v) is 8.33. The molecule has 0 N–H and O–H groups in total. The maximum absolute atomic E-state index is 3.03. The lowest BCUT2D eigenvalue weighted by atomic mass is 10.0. The second kappa shape index (κ2) is 4.10. The minimum Gasteiger partial charge on any atom is -0.0620 e. The molecule has 0 aliphatic rings. The van der Waals surface area contributed by atoms with E-state index < -0.39 is 0 Å². The van der Waals surface area contributed by atoms with Gasteiger partial charge in [-0.3, -0.25) is 0 Å². The van der Waals surface area contributed by atoms with Gasteiger partial charge in [0.1, 0.15) is 0 Å². The zero-order valence-electron chi connectivity index (χ0n) is 8.33. The fraction of sp³-hybridized carbons (Fsp3) is 0.143. The summed E-state index contributed by atoms with van der Waals surface area (Å²) in [5.41, 5.74) is 4.11. The number of benzene rings is 2. The van der Waals surface area contributed by atoms with Crippen LogP contribution in [0.1, 0.15) is 16.7 Å². The van der Waals surface area contributed by atoms with Gasteiger partial charge in [-0.1, -0.05) is 48.5 Å². The molecule has 0 atom stereocenters. The van der Waals surface area contributed by atoms with Gasteiger partial charge in [0.05, 0.1) is 0 Å². The molecule has 2 aromatic carbocycles. The highest BCUT2D eigenvalue weighted by molar-refractivity contribution is 5.31. The zero-order chi connectivity index (χ0) is 9.80. The van der Waals surface area contributed by atoms with Gasteiger partial charge in [-0.2, -0.15) is 0 Å². The van der Waals surface area contributed by atoms with Gasteiger partial charge in [-0.15, -0.1) is 0 Å². The van der Waals surface area contributed by atoms with E-state index in [4.69, 9.17) is 0 Å². The predicted molar refractivity (Wildman–Crippen MR) is 59.3 cm³/mol. The maximum atomic E-state index is 3.03. The number of hydrogen-bond acceptors (Lipinski definition) is 0. The lowest BCUT2D eigenvalue weighted by Crippen LogP contribution is -1.90. The molecule has 1 radical (unpaired) electrons. The summed E-state index contributed by atoms with van der Waals surface area (Å²) in [7, 11) is 0. The molecule has 0 saturated heterocycles. The summed E-state index contributed by atoms with van der Waals surface area (Å²) in [6.07, 6.45) is 1.02. The van der Waals surface area contributed by atoms with Crippen molar-refractivity contribution in [3.63, 3.8) is 0 Å². The Morgan fingerprint density at radius 2 is 1.71 bits per heavy atom. The summed E-state index contributed by atoms with van der Waals surface area (Å²) in [6, 6.07) is 19.7. The molecule has 0 aliphatic carbocycles. The molecule has 2 rings (SSSR count). The van der Waals surface area contributed by atoms with Gasteiger partial charge < -0.3 is 0 Å². The van der Waals surface area contributed by atoms with Crippen LogP contribution in [-0.2, 0) is 6.42 Å². The molecule has 0 heterocycles. The Morgan fingerprint density at radius 3 is 2.43 bits per heavy atom. The second-order valence-electron chi connectivity index (χ2n) is 3.51. The maximum Gasteiger partial charge on any atom is -0.00231 e. The molecule has 0 aliphatic heterocycles. The van der Waals surface area contributed by atoms with Crippen molar-refractivity contribution in [3.05, 3.63) is 71.3 Å². The first-order valence-corrected chi connectivity index (χ1v) is 4.86. The molecule has 14 heavy (non-hydrogen) atoms. The average molecular weight is 181 g/mol. The van der Waals surface area contributed by atoms with E-state index in [1.54, 1.807) is 0 Å². The molecule has 0 amide bonds. The second-order valence-corrected chi connectivity index (χ2v) is 3.51. The first-order valence-electron chi connectivity index (χ1n) is 4.86. The lowest BCUT2D eigenvalue weighted by molar-refractivity contribution is 1.16. The molecule has 0 heteroatoms. The van der Waals surface area contributed by atoms with Crippen LogP contribution in [0, 0.1) is 13.0 Å². The summed E-state index contributed by atoms with van der Waals surface area (Å²) in [5.74, 6) is 0. The third-order valence-corrected chi connectivity index (χ3v) is 2.44. The van der Waals surface area contributed by atoms with Gasteiger partial charge in [0, 0.05) is 0 Å². The van der Waals surface area contributed by atoms with Crippen molar-refractivity contribution in [3.8, 4) is 0 Å². The minimum absolute atomic E-state index is 1.02. The van der Waals surface area contributed by atoms with E-state index in [1.165, 1.54) is 16.7 Å². The molecule has 0 saturated carbocycles. The van der Waals surface area contributed by atoms with Crippen molar-refractivity contribution in [1.29, 1.82) is 0 Å². The molecular weight excluding hydrogens is 168 g/mol. The SMILES string of the molecule is Cc1ccccc1Cc1cc[c]cc1. The standard InChI is InChI=1S/C14H13/c1-12-7-5-6-10-14(12)11-13-8-3-2-4-9-13/h3-10H,11H2,1H3. The van der Waals surface area contributed by atoms with Gasteiger partial charge in [-0.25, -0.2) is 0 Å². The molecule has 0 fully saturated rings. The average Bonchev–Trinajstić information content (AvgIpc) is 2.23. The van der Waals surface area contributed by atoms with E-state index >= 15 is 0 Å². The Bertz CT molecular complexity index is 401. The largest absolute Gasteiger partial charge is 0.0620 e. The summed E-state index contributed by atoms with van der Waals surface area (Å²) in [4.78, 5) is 0. The van der Waals surface area contributed by atoms with E-state index in [1.807, 2.05) is 12.1 Å². The fourth-order valence-corrected chi connectivity index (χ4v) is 1.57. The first-order chi connectivity index (χ1) is 6.86. The smallest absolute Gasteiger partial charge is 0.00231 e. The molecule has 69 valence electrons. The van der Waals surface area contributed by atoms with Crippen molar-refractivity contribution < 1.29 is 0 Å². The number of hydrogen-bond donors (Lipinski definition) is 0. The molecule has 0 nitrogen and oxygen atoms in total. The summed E-state index contributed by atoms with van der Waals surface area (Å²) >= 11 is 0. The van der Waals surface area contributed by atoms with Gasteiger partial charge in [-0.05, 0) is 36.1 Å². The van der Waals surface area contributed by atoms with Gasteiger partial charge in [0.25, 0.3) is 0 Å². The topological polar surface area (TPSA) is 0 Å². The summed E-state index contributed by atoms with van der Waals surface area (Å²) in [5, 5.41) is 0. The first kappa shape index (κ1) is 9.01. The van der Waals surface area contributed by atoms with Crippen LogP contribution in [-0.4, -0.2) is 0 Å². The highest BCUT2D eigenvalue weighted by atomic mass is 14.0. The molecule has 0 spiro atoms. The Hall–Kier alpha value is -1.56.